The summed E-state index contributed by atoms with van der Waals surface area (Å²) in [6, 6.07) is 7.52. The van der Waals surface area contributed by atoms with Crippen LogP contribution in [0.4, 0.5) is 0 Å². The first-order valence-electron chi connectivity index (χ1n) is 10.2. The van der Waals surface area contributed by atoms with Gasteiger partial charge < -0.3 is 15.4 Å². The Morgan fingerprint density at radius 3 is 2.69 bits per heavy atom. The van der Waals surface area contributed by atoms with E-state index in [2.05, 4.69) is 49.6 Å². The Morgan fingerprint density at radius 1 is 1.27 bits per heavy atom. The molecule has 2 aliphatic heterocycles. The zero-order valence-corrected chi connectivity index (χ0v) is 16.5. The highest BCUT2D eigenvalue weighted by atomic mass is 16.5. The summed E-state index contributed by atoms with van der Waals surface area (Å²) >= 11 is 0. The number of nitrogens with one attached hydrogen (secondary N) is 2. The lowest BCUT2D eigenvalue weighted by molar-refractivity contribution is -0.122. The van der Waals surface area contributed by atoms with E-state index >= 15 is 0 Å². The second kappa shape index (κ2) is 8.90. The second-order valence-electron chi connectivity index (χ2n) is 8.60. The van der Waals surface area contributed by atoms with E-state index in [1.165, 1.54) is 18.4 Å². The summed E-state index contributed by atoms with van der Waals surface area (Å²) in [5.74, 6) is 2.24. The molecule has 3 rings (SSSR count). The fourth-order valence-corrected chi connectivity index (χ4v) is 4.22. The summed E-state index contributed by atoms with van der Waals surface area (Å²) in [5.41, 5.74) is 2.25. The molecule has 1 aromatic rings. The highest BCUT2D eigenvalue weighted by Crippen LogP contribution is 2.32. The van der Waals surface area contributed by atoms with Gasteiger partial charge in [-0.25, -0.2) is 0 Å². The van der Waals surface area contributed by atoms with Crippen molar-refractivity contribution in [2.45, 2.75) is 77.9 Å². The van der Waals surface area contributed by atoms with Crippen LogP contribution in [0.25, 0.3) is 0 Å². The number of piperidine rings is 1. The molecule has 4 heteroatoms. The highest BCUT2D eigenvalue weighted by molar-refractivity contribution is 5.76. The van der Waals surface area contributed by atoms with Crippen LogP contribution in [0, 0.1) is 18.8 Å². The summed E-state index contributed by atoms with van der Waals surface area (Å²) in [5, 5.41) is 6.76. The number of fused-ring (bicyclic) bond motifs is 2. The molecule has 2 atom stereocenters. The van der Waals surface area contributed by atoms with E-state index in [1.807, 2.05) is 0 Å². The number of hydrogen-bond acceptors (Lipinski definition) is 3. The normalized spacial score (nSPS) is 24.7. The average molecular weight is 359 g/mol. The van der Waals surface area contributed by atoms with Crippen LogP contribution in [0.5, 0.6) is 5.75 Å². The molecule has 2 saturated heterocycles. The van der Waals surface area contributed by atoms with Crippen LogP contribution in [0.3, 0.4) is 0 Å². The molecule has 0 spiro atoms. The standard InChI is InChI=1S/C22H34N2O2/c1-15(2)8-9-26-21-10-16(3)4-5-18(21)14-23-22(25)13-17-11-19-6-7-20(12-17)24-19/h4-5,10,15,17,19-20,24H,6-9,11-14H2,1-3H3,(H,23,25). The van der Waals surface area contributed by atoms with E-state index in [9.17, 15) is 4.79 Å². The summed E-state index contributed by atoms with van der Waals surface area (Å²) in [4.78, 5) is 12.4. The van der Waals surface area contributed by atoms with Gasteiger partial charge in [-0.3, -0.25) is 4.79 Å². The lowest BCUT2D eigenvalue weighted by Crippen LogP contribution is -2.39. The monoisotopic (exact) mass is 358 g/mol. The van der Waals surface area contributed by atoms with Gasteiger partial charge in [-0.1, -0.05) is 26.0 Å². The lowest BCUT2D eigenvalue weighted by Gasteiger charge is -2.28. The van der Waals surface area contributed by atoms with Gasteiger partial charge in [0.2, 0.25) is 5.91 Å². The van der Waals surface area contributed by atoms with Gasteiger partial charge in [0.15, 0.2) is 0 Å². The summed E-state index contributed by atoms with van der Waals surface area (Å²) in [6.07, 6.45) is 6.56. The van der Waals surface area contributed by atoms with Crippen molar-refractivity contribution >= 4 is 5.91 Å². The first-order chi connectivity index (χ1) is 12.5. The van der Waals surface area contributed by atoms with Crippen molar-refractivity contribution in [2.75, 3.05) is 6.61 Å². The quantitative estimate of drug-likeness (QED) is 0.740. The molecule has 2 fully saturated rings. The third kappa shape index (κ3) is 5.47. The molecule has 0 aromatic heterocycles. The van der Waals surface area contributed by atoms with Gasteiger partial charge in [0, 0.05) is 30.6 Å². The molecule has 0 aliphatic carbocycles. The number of hydrogen-bond donors (Lipinski definition) is 2. The van der Waals surface area contributed by atoms with Gasteiger partial charge in [-0.15, -0.1) is 0 Å². The molecule has 0 radical (unpaired) electrons. The maximum absolute atomic E-state index is 12.4. The maximum atomic E-state index is 12.4. The molecule has 2 unspecified atom stereocenters. The van der Waals surface area contributed by atoms with Crippen molar-refractivity contribution in [2.24, 2.45) is 11.8 Å². The maximum Gasteiger partial charge on any atom is 0.220 e. The SMILES string of the molecule is Cc1ccc(CNC(=O)CC2CC3CCC(C2)N3)c(OCCC(C)C)c1. The zero-order chi connectivity index (χ0) is 18.5. The fourth-order valence-electron chi connectivity index (χ4n) is 4.22. The smallest absolute Gasteiger partial charge is 0.220 e. The third-order valence-corrected chi connectivity index (χ3v) is 5.70. The molecule has 1 amide bonds. The summed E-state index contributed by atoms with van der Waals surface area (Å²) < 4.78 is 5.99. The minimum Gasteiger partial charge on any atom is -0.493 e. The van der Waals surface area contributed by atoms with Crippen LogP contribution < -0.4 is 15.4 Å². The molecule has 144 valence electrons. The molecule has 1 aromatic carbocycles. The Hall–Kier alpha value is -1.55. The number of aryl methyl sites for hydroxylation is 1. The fraction of sp³-hybridized carbons (Fsp3) is 0.682. The van der Waals surface area contributed by atoms with Crippen LogP contribution in [-0.2, 0) is 11.3 Å². The number of ether oxygens (including phenoxy) is 1. The van der Waals surface area contributed by atoms with Crippen molar-refractivity contribution in [3.63, 3.8) is 0 Å². The molecule has 26 heavy (non-hydrogen) atoms. The molecular weight excluding hydrogens is 324 g/mol. The Labute approximate surface area is 158 Å². The largest absolute Gasteiger partial charge is 0.493 e. The van der Waals surface area contributed by atoms with Crippen molar-refractivity contribution in [1.29, 1.82) is 0 Å². The molecule has 2 aliphatic rings. The van der Waals surface area contributed by atoms with E-state index in [1.54, 1.807) is 0 Å². The Bertz CT molecular complexity index is 602. The predicted molar refractivity (Wildman–Crippen MR) is 105 cm³/mol. The first kappa shape index (κ1) is 19.2. The van der Waals surface area contributed by atoms with Gasteiger partial charge in [0.25, 0.3) is 0 Å². The van der Waals surface area contributed by atoms with Gasteiger partial charge in [-0.2, -0.15) is 0 Å². The van der Waals surface area contributed by atoms with Crippen molar-refractivity contribution in [3.8, 4) is 5.75 Å². The number of benzene rings is 1. The van der Waals surface area contributed by atoms with Crippen LogP contribution in [0.2, 0.25) is 0 Å². The van der Waals surface area contributed by atoms with E-state index in [-0.39, 0.29) is 5.91 Å². The number of amides is 1. The molecule has 2 heterocycles. The van der Waals surface area contributed by atoms with Crippen molar-refractivity contribution in [3.05, 3.63) is 29.3 Å². The first-order valence-corrected chi connectivity index (χ1v) is 10.2. The van der Waals surface area contributed by atoms with Crippen molar-refractivity contribution < 1.29 is 9.53 Å². The summed E-state index contributed by atoms with van der Waals surface area (Å²) in [7, 11) is 0. The van der Waals surface area contributed by atoms with Crippen LogP contribution in [-0.4, -0.2) is 24.6 Å². The average Bonchev–Trinajstić information content (AvgIpc) is 2.92. The molecule has 2 N–H and O–H groups in total. The highest BCUT2D eigenvalue weighted by Gasteiger charge is 2.34. The van der Waals surface area contributed by atoms with Crippen LogP contribution in [0.1, 0.15) is 63.5 Å². The lowest BCUT2D eigenvalue weighted by atomic mass is 9.89. The van der Waals surface area contributed by atoms with Gasteiger partial charge in [0.1, 0.15) is 5.75 Å². The summed E-state index contributed by atoms with van der Waals surface area (Å²) in [6.45, 7) is 7.75. The molecule has 4 nitrogen and oxygen atoms in total. The van der Waals surface area contributed by atoms with Crippen molar-refractivity contribution in [1.82, 2.24) is 10.6 Å². The Balaban J connectivity index is 1.49. The van der Waals surface area contributed by atoms with Crippen LogP contribution in [0.15, 0.2) is 18.2 Å². The molecule has 0 saturated carbocycles. The minimum atomic E-state index is 0.171. The predicted octanol–water partition coefficient (Wildman–Crippen LogP) is 3.96. The number of carbonyl (C=O) groups excluding carboxylic acids is 1. The van der Waals surface area contributed by atoms with Gasteiger partial charge >= 0.3 is 0 Å². The topological polar surface area (TPSA) is 50.4 Å². The van der Waals surface area contributed by atoms with E-state index < -0.39 is 0 Å². The third-order valence-electron chi connectivity index (χ3n) is 5.70. The number of carbonyl (C=O) groups is 1. The number of rotatable bonds is 8. The zero-order valence-electron chi connectivity index (χ0n) is 16.5. The Morgan fingerprint density at radius 2 is 2.00 bits per heavy atom. The van der Waals surface area contributed by atoms with Crippen LogP contribution >= 0.6 is 0 Å². The van der Waals surface area contributed by atoms with E-state index in [0.717, 1.165) is 37.2 Å². The Kier molecular flexibility index (Phi) is 6.58. The molecular formula is C22H34N2O2. The second-order valence-corrected chi connectivity index (χ2v) is 8.60. The molecule has 2 bridgehead atoms. The van der Waals surface area contributed by atoms with Gasteiger partial charge in [0.05, 0.1) is 6.61 Å². The van der Waals surface area contributed by atoms with E-state index in [0.29, 0.717) is 36.9 Å². The van der Waals surface area contributed by atoms with Gasteiger partial charge in [-0.05, 0) is 62.5 Å². The minimum absolute atomic E-state index is 0.171. The van der Waals surface area contributed by atoms with E-state index in [4.69, 9.17) is 4.74 Å².